The second kappa shape index (κ2) is 7.19. The lowest BCUT2D eigenvalue weighted by Crippen LogP contribution is -2.33. The Hall–Kier alpha value is -1.47. The smallest absolute Gasteiger partial charge is 0.245 e. The summed E-state index contributed by atoms with van der Waals surface area (Å²) in [7, 11) is 0. The van der Waals surface area contributed by atoms with Gasteiger partial charge in [0.15, 0.2) is 0 Å². The number of nitrogens with two attached hydrogens (primary N) is 1. The maximum Gasteiger partial charge on any atom is 0.245 e. The van der Waals surface area contributed by atoms with Crippen molar-refractivity contribution in [3.05, 3.63) is 35.7 Å². The normalized spacial score (nSPS) is 21.1. The van der Waals surface area contributed by atoms with Crippen LogP contribution in [0.5, 0.6) is 0 Å². The van der Waals surface area contributed by atoms with Gasteiger partial charge in [-0.3, -0.25) is 5.43 Å². The summed E-state index contributed by atoms with van der Waals surface area (Å²) < 4.78 is 5.40. The van der Waals surface area contributed by atoms with Crippen LogP contribution in [0.15, 0.2) is 28.8 Å². The number of benzene rings is 1. The number of nitrogens with one attached hydrogen (secondary N) is 2. The Morgan fingerprint density at radius 3 is 2.59 bits per heavy atom. The zero-order valence-corrected chi connectivity index (χ0v) is 13.6. The summed E-state index contributed by atoms with van der Waals surface area (Å²) in [5, 5.41) is 4.07. The first kappa shape index (κ1) is 16.9. The summed E-state index contributed by atoms with van der Waals surface area (Å²) in [6, 6.07) is 8.39. The van der Waals surface area contributed by atoms with Crippen LogP contribution >= 0.6 is 12.4 Å². The standard InChI is InChI=1S/C15H21N5O.ClH/c1-9(2)12-7-13(19-18-12)15-17-14(20-21-15)11-5-3-10(8-16)4-6-11;/h3-6,9,12-13,18-19H,7-8,16H2,1-2H3;1H. The molecule has 6 nitrogen and oxygen atoms in total. The summed E-state index contributed by atoms with van der Waals surface area (Å²) >= 11 is 0. The van der Waals surface area contributed by atoms with Crippen LogP contribution in [0.1, 0.15) is 37.8 Å². The molecule has 7 heteroatoms. The molecule has 4 N–H and O–H groups in total. The minimum absolute atomic E-state index is 0. The molecule has 120 valence electrons. The van der Waals surface area contributed by atoms with E-state index in [9.17, 15) is 0 Å². The van der Waals surface area contributed by atoms with Crippen molar-refractivity contribution in [3.8, 4) is 11.4 Å². The van der Waals surface area contributed by atoms with Crippen LogP contribution in [-0.2, 0) is 6.54 Å². The van der Waals surface area contributed by atoms with E-state index < -0.39 is 0 Å². The number of hydrogen-bond acceptors (Lipinski definition) is 6. The largest absolute Gasteiger partial charge is 0.337 e. The van der Waals surface area contributed by atoms with Gasteiger partial charge in [0.05, 0.1) is 0 Å². The van der Waals surface area contributed by atoms with Gasteiger partial charge in [-0.05, 0) is 17.9 Å². The van der Waals surface area contributed by atoms with Gasteiger partial charge in [-0.1, -0.05) is 43.3 Å². The zero-order valence-electron chi connectivity index (χ0n) is 12.7. The summed E-state index contributed by atoms with van der Waals surface area (Å²) in [5.41, 5.74) is 14.1. The Bertz CT molecular complexity index is 598. The van der Waals surface area contributed by atoms with Crippen molar-refractivity contribution in [1.29, 1.82) is 0 Å². The molecule has 2 atom stereocenters. The molecule has 0 spiro atoms. The van der Waals surface area contributed by atoms with Crippen molar-refractivity contribution >= 4 is 12.4 Å². The van der Waals surface area contributed by atoms with Gasteiger partial charge in [-0.25, -0.2) is 5.43 Å². The third-order valence-corrected chi connectivity index (χ3v) is 3.93. The second-order valence-electron chi connectivity index (χ2n) is 5.78. The van der Waals surface area contributed by atoms with Gasteiger partial charge in [0, 0.05) is 18.2 Å². The summed E-state index contributed by atoms with van der Waals surface area (Å²) in [6.45, 7) is 4.92. The first-order chi connectivity index (χ1) is 10.2. The van der Waals surface area contributed by atoms with Crippen molar-refractivity contribution in [2.24, 2.45) is 11.7 Å². The molecule has 1 aliphatic rings. The van der Waals surface area contributed by atoms with Crippen LogP contribution < -0.4 is 16.6 Å². The molecule has 2 heterocycles. The number of aromatic nitrogens is 2. The van der Waals surface area contributed by atoms with Gasteiger partial charge < -0.3 is 10.3 Å². The van der Waals surface area contributed by atoms with E-state index in [0.717, 1.165) is 17.5 Å². The average molecular weight is 324 g/mol. The van der Waals surface area contributed by atoms with E-state index in [1.54, 1.807) is 0 Å². The van der Waals surface area contributed by atoms with E-state index in [1.165, 1.54) is 0 Å². The molecule has 1 aromatic carbocycles. The average Bonchev–Trinajstić information content (AvgIpc) is 3.16. The Labute approximate surface area is 136 Å². The molecular weight excluding hydrogens is 302 g/mol. The molecule has 1 fully saturated rings. The Morgan fingerprint density at radius 1 is 1.27 bits per heavy atom. The molecule has 1 saturated heterocycles. The highest BCUT2D eigenvalue weighted by molar-refractivity contribution is 5.85. The highest BCUT2D eigenvalue weighted by atomic mass is 35.5. The second-order valence-corrected chi connectivity index (χ2v) is 5.78. The van der Waals surface area contributed by atoms with Crippen LogP contribution in [0.3, 0.4) is 0 Å². The lowest BCUT2D eigenvalue weighted by atomic mass is 10.00. The number of halogens is 1. The van der Waals surface area contributed by atoms with Crippen molar-refractivity contribution in [1.82, 2.24) is 21.0 Å². The van der Waals surface area contributed by atoms with E-state index in [1.807, 2.05) is 24.3 Å². The SMILES string of the molecule is CC(C)C1CC(c2nc(-c3ccc(CN)cc3)no2)NN1.Cl. The highest BCUT2D eigenvalue weighted by Gasteiger charge is 2.30. The van der Waals surface area contributed by atoms with Crippen LogP contribution in [-0.4, -0.2) is 16.2 Å². The molecule has 0 radical (unpaired) electrons. The lowest BCUT2D eigenvalue weighted by molar-refractivity contribution is 0.339. The van der Waals surface area contributed by atoms with Crippen LogP contribution in [0.2, 0.25) is 0 Å². The monoisotopic (exact) mass is 323 g/mol. The van der Waals surface area contributed by atoms with Crippen molar-refractivity contribution < 1.29 is 4.52 Å². The maximum absolute atomic E-state index is 5.60. The molecular formula is C15H22ClN5O. The molecule has 0 saturated carbocycles. The predicted molar refractivity (Wildman–Crippen MR) is 87.1 cm³/mol. The van der Waals surface area contributed by atoms with Crippen molar-refractivity contribution in [3.63, 3.8) is 0 Å². The molecule has 1 aromatic heterocycles. The third kappa shape index (κ3) is 3.47. The van der Waals surface area contributed by atoms with Crippen molar-refractivity contribution in [2.75, 3.05) is 0 Å². The third-order valence-electron chi connectivity index (χ3n) is 3.93. The van der Waals surface area contributed by atoms with Crippen LogP contribution in [0.25, 0.3) is 11.4 Å². The first-order valence-electron chi connectivity index (χ1n) is 7.31. The zero-order chi connectivity index (χ0) is 14.8. The Kier molecular flexibility index (Phi) is 5.52. The van der Waals surface area contributed by atoms with E-state index in [-0.39, 0.29) is 18.4 Å². The topological polar surface area (TPSA) is 89.0 Å². The fourth-order valence-corrected chi connectivity index (χ4v) is 2.46. The summed E-state index contributed by atoms with van der Waals surface area (Å²) in [5.74, 6) is 1.81. The summed E-state index contributed by atoms with van der Waals surface area (Å²) in [4.78, 5) is 4.50. The fourth-order valence-electron chi connectivity index (χ4n) is 2.46. The minimum atomic E-state index is 0. The van der Waals surface area contributed by atoms with Gasteiger partial charge >= 0.3 is 0 Å². The molecule has 2 unspecified atom stereocenters. The summed E-state index contributed by atoms with van der Waals surface area (Å²) in [6.07, 6.45) is 0.950. The first-order valence-corrected chi connectivity index (χ1v) is 7.31. The molecule has 1 aliphatic heterocycles. The van der Waals surface area contributed by atoms with Crippen molar-refractivity contribution in [2.45, 2.75) is 38.9 Å². The number of hydrazine groups is 1. The molecule has 0 amide bonds. The number of hydrogen-bond donors (Lipinski definition) is 3. The highest BCUT2D eigenvalue weighted by Crippen LogP contribution is 2.26. The quantitative estimate of drug-likeness (QED) is 0.799. The van der Waals surface area contributed by atoms with Crippen LogP contribution in [0.4, 0.5) is 0 Å². The van der Waals surface area contributed by atoms with Gasteiger partial charge in [-0.2, -0.15) is 4.98 Å². The van der Waals surface area contributed by atoms with Gasteiger partial charge in [0.1, 0.15) is 6.04 Å². The van der Waals surface area contributed by atoms with Gasteiger partial charge in [0.2, 0.25) is 11.7 Å². The lowest BCUT2D eigenvalue weighted by Gasteiger charge is -2.12. The van der Waals surface area contributed by atoms with E-state index in [0.29, 0.717) is 30.2 Å². The number of nitrogens with zero attached hydrogens (tertiary/aromatic N) is 2. The molecule has 0 bridgehead atoms. The maximum atomic E-state index is 5.60. The minimum Gasteiger partial charge on any atom is -0.337 e. The molecule has 3 rings (SSSR count). The molecule has 0 aliphatic carbocycles. The van der Waals surface area contributed by atoms with Gasteiger partial charge in [0.25, 0.3) is 0 Å². The van der Waals surface area contributed by atoms with E-state index >= 15 is 0 Å². The Balaban J connectivity index is 0.00000176. The fraction of sp³-hybridized carbons (Fsp3) is 0.467. The van der Waals surface area contributed by atoms with Crippen LogP contribution in [0, 0.1) is 5.92 Å². The van der Waals surface area contributed by atoms with E-state index in [4.69, 9.17) is 10.3 Å². The molecule has 22 heavy (non-hydrogen) atoms. The van der Waals surface area contributed by atoms with Gasteiger partial charge in [-0.15, -0.1) is 12.4 Å². The van der Waals surface area contributed by atoms with E-state index in [2.05, 4.69) is 34.8 Å². The Morgan fingerprint density at radius 2 is 2.00 bits per heavy atom. The number of rotatable bonds is 4. The molecule has 2 aromatic rings. The predicted octanol–water partition coefficient (Wildman–Crippen LogP) is 2.18.